The van der Waals surface area contributed by atoms with Crippen LogP contribution in [0.3, 0.4) is 0 Å². The number of aromatic nitrogens is 4. The van der Waals surface area contributed by atoms with Crippen molar-refractivity contribution < 1.29 is 0 Å². The van der Waals surface area contributed by atoms with E-state index >= 15 is 0 Å². The zero-order valence-corrected chi connectivity index (χ0v) is 9.86. The molecule has 0 aliphatic heterocycles. The van der Waals surface area contributed by atoms with Crippen LogP contribution in [0.15, 0.2) is 18.6 Å². The van der Waals surface area contributed by atoms with Gasteiger partial charge in [0, 0.05) is 42.7 Å². The lowest BCUT2D eigenvalue weighted by molar-refractivity contribution is 0.573. The third kappa shape index (κ3) is 2.14. The van der Waals surface area contributed by atoms with E-state index in [4.69, 9.17) is 0 Å². The molecule has 2 heterocycles. The molecular weight excluding hydrogens is 202 g/mol. The largest absolute Gasteiger partial charge is 0.306 e. The molecule has 0 fully saturated rings. The molecule has 0 amide bonds. The molecule has 0 aromatic carbocycles. The Kier molecular flexibility index (Phi) is 3.05. The summed E-state index contributed by atoms with van der Waals surface area (Å²) >= 11 is 0. The summed E-state index contributed by atoms with van der Waals surface area (Å²) in [6.45, 7) is 5.02. The number of hydrogen-bond donors (Lipinski definition) is 2. The SMILES string of the molecule is Cc1c(CNC(C)c2cn[nH]c2)cnn1C. The molecule has 5 heteroatoms. The molecular formula is C11H17N5. The number of aryl methyl sites for hydroxylation is 1. The van der Waals surface area contributed by atoms with Crippen LogP contribution in [0.5, 0.6) is 0 Å². The maximum absolute atomic E-state index is 4.21. The van der Waals surface area contributed by atoms with Gasteiger partial charge in [0.15, 0.2) is 0 Å². The second kappa shape index (κ2) is 4.49. The molecule has 0 aliphatic carbocycles. The molecule has 0 saturated heterocycles. The molecule has 1 atom stereocenters. The van der Waals surface area contributed by atoms with Crippen LogP contribution in [0.4, 0.5) is 0 Å². The molecule has 0 spiro atoms. The van der Waals surface area contributed by atoms with E-state index in [2.05, 4.69) is 34.5 Å². The van der Waals surface area contributed by atoms with Crippen molar-refractivity contribution in [3.8, 4) is 0 Å². The molecule has 0 aliphatic rings. The third-order valence-electron chi connectivity index (χ3n) is 2.95. The van der Waals surface area contributed by atoms with Crippen molar-refractivity contribution in [1.82, 2.24) is 25.3 Å². The van der Waals surface area contributed by atoms with Gasteiger partial charge >= 0.3 is 0 Å². The van der Waals surface area contributed by atoms with Gasteiger partial charge in [-0.1, -0.05) is 0 Å². The minimum Gasteiger partial charge on any atom is -0.306 e. The van der Waals surface area contributed by atoms with E-state index in [0.29, 0.717) is 6.04 Å². The molecule has 2 N–H and O–H groups in total. The number of H-pyrrole nitrogens is 1. The molecule has 0 radical (unpaired) electrons. The van der Waals surface area contributed by atoms with Gasteiger partial charge in [-0.15, -0.1) is 0 Å². The highest BCUT2D eigenvalue weighted by molar-refractivity contribution is 5.16. The van der Waals surface area contributed by atoms with Crippen molar-refractivity contribution in [3.05, 3.63) is 35.4 Å². The standard InChI is InChI=1S/C11H17N5/c1-8(10-5-13-14-6-10)12-4-11-7-15-16(3)9(11)2/h5-8,12H,4H2,1-3H3,(H,13,14). The topological polar surface area (TPSA) is 58.5 Å². The molecule has 2 rings (SSSR count). The van der Waals surface area contributed by atoms with Crippen molar-refractivity contribution >= 4 is 0 Å². The van der Waals surface area contributed by atoms with Crippen molar-refractivity contribution in [2.24, 2.45) is 7.05 Å². The van der Waals surface area contributed by atoms with E-state index in [0.717, 1.165) is 6.54 Å². The second-order valence-corrected chi connectivity index (χ2v) is 4.01. The maximum atomic E-state index is 4.21. The second-order valence-electron chi connectivity index (χ2n) is 4.01. The lowest BCUT2D eigenvalue weighted by Gasteiger charge is -2.11. The Morgan fingerprint density at radius 3 is 2.88 bits per heavy atom. The van der Waals surface area contributed by atoms with Crippen LogP contribution in [-0.4, -0.2) is 20.0 Å². The van der Waals surface area contributed by atoms with Gasteiger partial charge in [-0.05, 0) is 13.8 Å². The minimum atomic E-state index is 0.290. The van der Waals surface area contributed by atoms with Crippen molar-refractivity contribution in [2.45, 2.75) is 26.4 Å². The van der Waals surface area contributed by atoms with Crippen molar-refractivity contribution in [3.63, 3.8) is 0 Å². The molecule has 86 valence electrons. The molecule has 0 bridgehead atoms. The fourth-order valence-corrected chi connectivity index (χ4v) is 1.60. The fraction of sp³-hybridized carbons (Fsp3) is 0.455. The number of nitrogens with zero attached hydrogens (tertiary/aromatic N) is 3. The first kappa shape index (κ1) is 10.9. The third-order valence-corrected chi connectivity index (χ3v) is 2.95. The minimum absolute atomic E-state index is 0.290. The van der Waals surface area contributed by atoms with Gasteiger partial charge in [-0.2, -0.15) is 10.2 Å². The van der Waals surface area contributed by atoms with Crippen LogP contribution < -0.4 is 5.32 Å². The van der Waals surface area contributed by atoms with Gasteiger partial charge in [0.2, 0.25) is 0 Å². The number of hydrogen-bond acceptors (Lipinski definition) is 3. The average Bonchev–Trinajstić information content (AvgIpc) is 2.89. The quantitative estimate of drug-likeness (QED) is 0.815. The molecule has 16 heavy (non-hydrogen) atoms. The predicted molar refractivity (Wildman–Crippen MR) is 61.8 cm³/mol. The van der Waals surface area contributed by atoms with Crippen LogP contribution in [0.25, 0.3) is 0 Å². The summed E-state index contributed by atoms with van der Waals surface area (Å²) in [5, 5.41) is 14.4. The highest BCUT2D eigenvalue weighted by Gasteiger charge is 2.08. The molecule has 1 unspecified atom stereocenters. The summed E-state index contributed by atoms with van der Waals surface area (Å²) < 4.78 is 1.89. The van der Waals surface area contributed by atoms with Gasteiger partial charge in [0.1, 0.15) is 0 Å². The Balaban J connectivity index is 1.95. The van der Waals surface area contributed by atoms with Gasteiger partial charge in [-0.3, -0.25) is 9.78 Å². The van der Waals surface area contributed by atoms with Gasteiger partial charge in [0.25, 0.3) is 0 Å². The first-order valence-electron chi connectivity index (χ1n) is 5.38. The van der Waals surface area contributed by atoms with Gasteiger partial charge < -0.3 is 5.32 Å². The monoisotopic (exact) mass is 219 g/mol. The summed E-state index contributed by atoms with van der Waals surface area (Å²) in [5.41, 5.74) is 3.60. The molecule has 2 aromatic rings. The van der Waals surface area contributed by atoms with Crippen molar-refractivity contribution in [2.75, 3.05) is 0 Å². The Hall–Kier alpha value is -1.62. The van der Waals surface area contributed by atoms with E-state index in [-0.39, 0.29) is 0 Å². The highest BCUT2D eigenvalue weighted by Crippen LogP contribution is 2.11. The average molecular weight is 219 g/mol. The van der Waals surface area contributed by atoms with E-state index in [1.54, 1.807) is 0 Å². The van der Waals surface area contributed by atoms with E-state index in [1.165, 1.54) is 16.8 Å². The van der Waals surface area contributed by atoms with Gasteiger partial charge in [0.05, 0.1) is 12.4 Å². The first-order chi connectivity index (χ1) is 7.68. The van der Waals surface area contributed by atoms with E-state index in [9.17, 15) is 0 Å². The first-order valence-corrected chi connectivity index (χ1v) is 5.38. The smallest absolute Gasteiger partial charge is 0.0537 e. The van der Waals surface area contributed by atoms with Crippen LogP contribution in [0.1, 0.15) is 29.8 Å². The summed E-state index contributed by atoms with van der Waals surface area (Å²) in [6, 6.07) is 0.290. The van der Waals surface area contributed by atoms with Crippen LogP contribution in [-0.2, 0) is 13.6 Å². The zero-order chi connectivity index (χ0) is 11.5. The fourth-order valence-electron chi connectivity index (χ4n) is 1.60. The Bertz CT molecular complexity index is 443. The summed E-state index contributed by atoms with van der Waals surface area (Å²) in [6.07, 6.45) is 5.66. The Labute approximate surface area is 94.9 Å². The highest BCUT2D eigenvalue weighted by atomic mass is 15.3. The molecule has 2 aromatic heterocycles. The number of rotatable bonds is 4. The molecule has 0 saturated carbocycles. The van der Waals surface area contributed by atoms with E-state index < -0.39 is 0 Å². The predicted octanol–water partition coefficient (Wildman–Crippen LogP) is 1.30. The summed E-state index contributed by atoms with van der Waals surface area (Å²) in [4.78, 5) is 0. The number of nitrogens with one attached hydrogen (secondary N) is 2. The number of aromatic amines is 1. The van der Waals surface area contributed by atoms with E-state index in [1.807, 2.05) is 30.3 Å². The van der Waals surface area contributed by atoms with Crippen LogP contribution >= 0.6 is 0 Å². The van der Waals surface area contributed by atoms with Crippen LogP contribution in [0.2, 0.25) is 0 Å². The summed E-state index contributed by atoms with van der Waals surface area (Å²) in [7, 11) is 1.96. The maximum Gasteiger partial charge on any atom is 0.0537 e. The lowest BCUT2D eigenvalue weighted by atomic mass is 10.2. The Morgan fingerprint density at radius 2 is 2.31 bits per heavy atom. The lowest BCUT2D eigenvalue weighted by Crippen LogP contribution is -2.18. The summed E-state index contributed by atoms with van der Waals surface area (Å²) in [5.74, 6) is 0. The Morgan fingerprint density at radius 1 is 1.50 bits per heavy atom. The normalized spacial score (nSPS) is 12.9. The van der Waals surface area contributed by atoms with Crippen LogP contribution in [0, 0.1) is 6.92 Å². The van der Waals surface area contributed by atoms with Gasteiger partial charge in [-0.25, -0.2) is 0 Å². The molecule has 5 nitrogen and oxygen atoms in total. The zero-order valence-electron chi connectivity index (χ0n) is 9.86. The van der Waals surface area contributed by atoms with Crippen molar-refractivity contribution in [1.29, 1.82) is 0 Å².